The van der Waals surface area contributed by atoms with E-state index in [0.717, 1.165) is 24.6 Å². The van der Waals surface area contributed by atoms with Gasteiger partial charge in [-0.2, -0.15) is 0 Å². The summed E-state index contributed by atoms with van der Waals surface area (Å²) in [5, 5.41) is 3.53. The van der Waals surface area contributed by atoms with Crippen molar-refractivity contribution in [3.05, 3.63) is 35.6 Å². The van der Waals surface area contributed by atoms with Gasteiger partial charge in [0.25, 0.3) is 0 Å². The van der Waals surface area contributed by atoms with Crippen LogP contribution in [0.25, 0.3) is 0 Å². The number of nitrogens with one attached hydrogen (secondary N) is 1. The first-order chi connectivity index (χ1) is 12.0. The highest BCUT2D eigenvalue weighted by Crippen LogP contribution is 2.45. The molecule has 1 unspecified atom stereocenters. The van der Waals surface area contributed by atoms with Crippen molar-refractivity contribution in [2.24, 2.45) is 10.4 Å². The molecule has 1 aliphatic carbocycles. The number of aliphatic imine (C=N–C) groups is 1. The number of benzene rings is 1. The average Bonchev–Trinajstić information content (AvgIpc) is 3.22. The lowest BCUT2D eigenvalue weighted by atomic mass is 9.86. The van der Waals surface area contributed by atoms with E-state index in [9.17, 15) is 4.39 Å². The Bertz CT molecular complexity index is 607. The molecule has 5 heteroatoms. The molecule has 1 N–H and O–H groups in total. The van der Waals surface area contributed by atoms with Crippen molar-refractivity contribution >= 4 is 5.96 Å². The second kappa shape index (κ2) is 7.73. The smallest absolute Gasteiger partial charge is 0.193 e. The average molecular weight is 346 g/mol. The van der Waals surface area contributed by atoms with E-state index in [0.29, 0.717) is 12.0 Å². The highest BCUT2D eigenvalue weighted by Gasteiger charge is 2.41. The molecule has 1 atom stereocenters. The largest absolute Gasteiger partial charge is 0.354 e. The first-order valence-corrected chi connectivity index (χ1v) is 9.40. The van der Waals surface area contributed by atoms with E-state index in [4.69, 9.17) is 0 Å². The molecular formula is C20H31FN4. The monoisotopic (exact) mass is 346 g/mol. The number of hydrogen-bond acceptors (Lipinski definition) is 2. The van der Waals surface area contributed by atoms with Crippen LogP contribution in [0.1, 0.15) is 43.7 Å². The van der Waals surface area contributed by atoms with Crippen LogP contribution in [-0.2, 0) is 0 Å². The summed E-state index contributed by atoms with van der Waals surface area (Å²) in [6.45, 7) is 2.93. The molecule has 1 saturated carbocycles. The lowest BCUT2D eigenvalue weighted by Crippen LogP contribution is -2.44. The third-order valence-electron chi connectivity index (χ3n) is 5.92. The summed E-state index contributed by atoms with van der Waals surface area (Å²) in [7, 11) is 5.92. The molecule has 0 radical (unpaired) electrons. The van der Waals surface area contributed by atoms with Crippen molar-refractivity contribution in [3.63, 3.8) is 0 Å². The molecule has 1 spiro atoms. The van der Waals surface area contributed by atoms with Crippen LogP contribution in [0.4, 0.5) is 4.39 Å². The number of guanidine groups is 1. The van der Waals surface area contributed by atoms with E-state index in [2.05, 4.69) is 20.1 Å². The normalized spacial score (nSPS) is 21.3. The van der Waals surface area contributed by atoms with E-state index < -0.39 is 0 Å². The van der Waals surface area contributed by atoms with Gasteiger partial charge in [-0.1, -0.05) is 25.0 Å². The summed E-state index contributed by atoms with van der Waals surface area (Å²) < 4.78 is 13.6. The van der Waals surface area contributed by atoms with Gasteiger partial charge in [-0.05, 0) is 56.5 Å². The maximum atomic E-state index is 13.6. The summed E-state index contributed by atoms with van der Waals surface area (Å²) in [4.78, 5) is 9.03. The maximum absolute atomic E-state index is 13.6. The zero-order valence-electron chi connectivity index (χ0n) is 15.8. The highest BCUT2D eigenvalue weighted by molar-refractivity contribution is 5.80. The van der Waals surface area contributed by atoms with Crippen LogP contribution in [0.2, 0.25) is 0 Å². The Hall–Kier alpha value is -1.62. The van der Waals surface area contributed by atoms with E-state index in [-0.39, 0.29) is 11.9 Å². The predicted molar refractivity (Wildman–Crippen MR) is 101 cm³/mol. The van der Waals surface area contributed by atoms with Gasteiger partial charge in [0.05, 0.1) is 6.04 Å². The fourth-order valence-corrected chi connectivity index (χ4v) is 4.48. The van der Waals surface area contributed by atoms with Gasteiger partial charge in [0, 0.05) is 26.7 Å². The van der Waals surface area contributed by atoms with Crippen molar-refractivity contribution in [2.45, 2.75) is 38.1 Å². The number of likely N-dealkylation sites (tertiary alicyclic amines) is 1. The zero-order chi connectivity index (χ0) is 17.9. The summed E-state index contributed by atoms with van der Waals surface area (Å²) in [6.07, 6.45) is 6.77. The highest BCUT2D eigenvalue weighted by atomic mass is 19.1. The molecule has 1 aliphatic heterocycles. The lowest BCUT2D eigenvalue weighted by molar-refractivity contribution is 0.289. The fourth-order valence-electron chi connectivity index (χ4n) is 4.48. The summed E-state index contributed by atoms with van der Waals surface area (Å²) in [5.41, 5.74) is 1.52. The molecule has 4 nitrogen and oxygen atoms in total. The Morgan fingerprint density at radius 1 is 1.32 bits per heavy atom. The Morgan fingerprint density at radius 2 is 2.08 bits per heavy atom. The Balaban J connectivity index is 1.63. The zero-order valence-corrected chi connectivity index (χ0v) is 15.8. The van der Waals surface area contributed by atoms with Crippen molar-refractivity contribution in [1.29, 1.82) is 0 Å². The van der Waals surface area contributed by atoms with Crippen molar-refractivity contribution in [3.8, 4) is 0 Å². The fraction of sp³-hybridized carbons (Fsp3) is 0.650. The number of hydrogen-bond donors (Lipinski definition) is 1. The predicted octanol–water partition coefficient (Wildman–Crippen LogP) is 3.27. The second-order valence-electron chi connectivity index (χ2n) is 7.84. The summed E-state index contributed by atoms with van der Waals surface area (Å²) in [5.74, 6) is 0.795. The van der Waals surface area contributed by atoms with E-state index in [1.165, 1.54) is 38.2 Å². The van der Waals surface area contributed by atoms with Crippen LogP contribution < -0.4 is 5.32 Å². The molecule has 1 aromatic carbocycles. The molecule has 0 amide bonds. The van der Waals surface area contributed by atoms with Gasteiger partial charge in [0.15, 0.2) is 5.96 Å². The maximum Gasteiger partial charge on any atom is 0.193 e. The van der Waals surface area contributed by atoms with E-state index >= 15 is 0 Å². The van der Waals surface area contributed by atoms with Gasteiger partial charge in [-0.15, -0.1) is 0 Å². The molecule has 0 aromatic heterocycles. The third kappa shape index (κ3) is 4.14. The molecule has 25 heavy (non-hydrogen) atoms. The molecule has 2 fully saturated rings. The van der Waals surface area contributed by atoms with Crippen LogP contribution in [0, 0.1) is 11.2 Å². The van der Waals surface area contributed by atoms with Gasteiger partial charge in [-0.25, -0.2) is 4.39 Å². The molecule has 0 bridgehead atoms. The number of rotatable bonds is 4. The minimum atomic E-state index is -0.184. The quantitative estimate of drug-likeness (QED) is 0.670. The van der Waals surface area contributed by atoms with Crippen LogP contribution >= 0.6 is 0 Å². The van der Waals surface area contributed by atoms with Crippen LogP contribution in [0.5, 0.6) is 0 Å². The van der Waals surface area contributed by atoms with Crippen molar-refractivity contribution < 1.29 is 4.39 Å². The Labute approximate surface area is 151 Å². The summed E-state index contributed by atoms with van der Waals surface area (Å²) in [6, 6.07) is 6.99. The summed E-state index contributed by atoms with van der Waals surface area (Å²) >= 11 is 0. The van der Waals surface area contributed by atoms with Gasteiger partial charge in [-0.3, -0.25) is 4.99 Å². The first kappa shape index (κ1) is 18.2. The molecule has 1 saturated heterocycles. The molecule has 2 aliphatic rings. The second-order valence-corrected chi connectivity index (χ2v) is 7.84. The minimum absolute atomic E-state index is 0.107. The van der Waals surface area contributed by atoms with Crippen LogP contribution in [-0.4, -0.2) is 56.5 Å². The standard InChI is InChI=1S/C20H31FN4/c1-22-19(25-12-11-20(15-25)9-4-5-10-20)23-14-18(24(2)3)16-7-6-8-17(21)13-16/h6-8,13,18H,4-5,9-12,14-15H2,1-3H3,(H,22,23). The van der Waals surface area contributed by atoms with Crippen molar-refractivity contribution in [1.82, 2.24) is 15.1 Å². The lowest BCUT2D eigenvalue weighted by Gasteiger charge is -2.29. The molecule has 1 aromatic rings. The third-order valence-corrected chi connectivity index (χ3v) is 5.92. The van der Waals surface area contributed by atoms with E-state index in [1.807, 2.05) is 27.2 Å². The Kier molecular flexibility index (Phi) is 5.62. The van der Waals surface area contributed by atoms with E-state index in [1.54, 1.807) is 12.1 Å². The number of halogens is 1. The SMILES string of the molecule is CN=C(NCC(c1cccc(F)c1)N(C)C)N1CCC2(CCCC2)C1. The molecule has 3 rings (SSSR count). The van der Waals surface area contributed by atoms with Crippen molar-refractivity contribution in [2.75, 3.05) is 40.8 Å². The molecule has 1 heterocycles. The van der Waals surface area contributed by atoms with Crippen LogP contribution in [0.3, 0.4) is 0 Å². The first-order valence-electron chi connectivity index (χ1n) is 9.40. The Morgan fingerprint density at radius 3 is 2.72 bits per heavy atom. The van der Waals surface area contributed by atoms with Gasteiger partial charge < -0.3 is 15.1 Å². The molecule has 138 valence electrons. The van der Waals surface area contributed by atoms with Crippen LogP contribution in [0.15, 0.2) is 29.3 Å². The topological polar surface area (TPSA) is 30.9 Å². The van der Waals surface area contributed by atoms with Gasteiger partial charge in [0.2, 0.25) is 0 Å². The van der Waals surface area contributed by atoms with Gasteiger partial charge >= 0.3 is 0 Å². The number of nitrogens with zero attached hydrogens (tertiary/aromatic N) is 3. The minimum Gasteiger partial charge on any atom is -0.354 e. The number of likely N-dealkylation sites (N-methyl/N-ethyl adjacent to an activating group) is 1. The molecular weight excluding hydrogens is 315 g/mol. The van der Waals surface area contributed by atoms with Gasteiger partial charge in [0.1, 0.15) is 5.82 Å².